The molecule has 0 amide bonds. The Morgan fingerprint density at radius 2 is 1.65 bits per heavy atom. The maximum absolute atomic E-state index is 14.4. The minimum Gasteiger partial charge on any atom is -0.497 e. The molecule has 0 radical (unpaired) electrons. The SMILES string of the molecule is COc1ccc(/C=C2\C(=O)c3c(F)cccc3[C@@H]2c2ccccc2)cc1. The number of fused-ring (bicyclic) bond motifs is 1. The van der Waals surface area contributed by atoms with Gasteiger partial charge in [-0.05, 0) is 41.0 Å². The van der Waals surface area contributed by atoms with Crippen LogP contribution < -0.4 is 4.74 Å². The van der Waals surface area contributed by atoms with Crippen LogP contribution in [0.25, 0.3) is 6.08 Å². The molecule has 1 atom stereocenters. The van der Waals surface area contributed by atoms with Crippen LogP contribution in [0.3, 0.4) is 0 Å². The zero-order chi connectivity index (χ0) is 18.1. The van der Waals surface area contributed by atoms with Gasteiger partial charge < -0.3 is 4.74 Å². The van der Waals surface area contributed by atoms with Crippen molar-refractivity contribution in [2.75, 3.05) is 7.11 Å². The van der Waals surface area contributed by atoms with Crippen LogP contribution >= 0.6 is 0 Å². The van der Waals surface area contributed by atoms with E-state index in [1.54, 1.807) is 13.2 Å². The highest BCUT2D eigenvalue weighted by molar-refractivity contribution is 6.17. The van der Waals surface area contributed by atoms with Crippen LogP contribution in [0.2, 0.25) is 0 Å². The number of carbonyl (C=O) groups excluding carboxylic acids is 1. The van der Waals surface area contributed by atoms with E-state index < -0.39 is 5.82 Å². The lowest BCUT2D eigenvalue weighted by Crippen LogP contribution is -2.02. The molecule has 2 nitrogen and oxygen atoms in total. The van der Waals surface area contributed by atoms with Crippen LogP contribution in [0.1, 0.15) is 33.0 Å². The van der Waals surface area contributed by atoms with Gasteiger partial charge >= 0.3 is 0 Å². The van der Waals surface area contributed by atoms with Gasteiger partial charge in [-0.3, -0.25) is 4.79 Å². The fourth-order valence-corrected chi connectivity index (χ4v) is 3.50. The van der Waals surface area contributed by atoms with E-state index >= 15 is 0 Å². The summed E-state index contributed by atoms with van der Waals surface area (Å²) in [6, 6.07) is 22.0. The molecule has 0 saturated carbocycles. The molecular formula is C23H17FO2. The van der Waals surface area contributed by atoms with E-state index in [1.165, 1.54) is 6.07 Å². The molecular weight excluding hydrogens is 327 g/mol. The van der Waals surface area contributed by atoms with Crippen molar-refractivity contribution >= 4 is 11.9 Å². The molecule has 0 aromatic heterocycles. The number of benzene rings is 3. The summed E-state index contributed by atoms with van der Waals surface area (Å²) in [5.74, 6) is -0.232. The van der Waals surface area contributed by atoms with Crippen molar-refractivity contribution in [1.82, 2.24) is 0 Å². The molecule has 3 aromatic carbocycles. The summed E-state index contributed by atoms with van der Waals surface area (Å²) in [5, 5.41) is 0. The monoisotopic (exact) mass is 344 g/mol. The molecule has 0 bridgehead atoms. The fourth-order valence-electron chi connectivity index (χ4n) is 3.50. The average molecular weight is 344 g/mol. The summed E-state index contributed by atoms with van der Waals surface area (Å²) < 4.78 is 19.6. The molecule has 0 spiro atoms. The van der Waals surface area contributed by atoms with Gasteiger partial charge in [0.25, 0.3) is 0 Å². The van der Waals surface area contributed by atoms with Crippen molar-refractivity contribution < 1.29 is 13.9 Å². The first-order valence-corrected chi connectivity index (χ1v) is 8.42. The Hall–Kier alpha value is -3.20. The van der Waals surface area contributed by atoms with E-state index in [2.05, 4.69) is 0 Å². The normalized spacial score (nSPS) is 17.4. The first-order valence-electron chi connectivity index (χ1n) is 8.42. The van der Waals surface area contributed by atoms with Crippen LogP contribution in [0.15, 0.2) is 78.4 Å². The quantitative estimate of drug-likeness (QED) is 0.607. The molecule has 0 heterocycles. The topological polar surface area (TPSA) is 26.3 Å². The summed E-state index contributed by atoms with van der Waals surface area (Å²) in [6.45, 7) is 0. The number of allylic oxidation sites excluding steroid dienone is 1. The lowest BCUT2D eigenvalue weighted by Gasteiger charge is -2.14. The number of halogens is 1. The second kappa shape index (κ2) is 6.60. The highest BCUT2D eigenvalue weighted by Gasteiger charge is 2.37. The van der Waals surface area contributed by atoms with Gasteiger partial charge in [-0.2, -0.15) is 0 Å². The van der Waals surface area contributed by atoms with Crippen molar-refractivity contribution in [2.24, 2.45) is 0 Å². The Kier molecular flexibility index (Phi) is 4.13. The third kappa shape index (κ3) is 2.72. The number of ether oxygens (including phenoxy) is 1. The Labute approximate surface area is 151 Å². The van der Waals surface area contributed by atoms with E-state index in [0.29, 0.717) is 5.57 Å². The Balaban J connectivity index is 1.88. The molecule has 26 heavy (non-hydrogen) atoms. The maximum Gasteiger partial charge on any atom is 0.193 e. The molecule has 4 rings (SSSR count). The minimum absolute atomic E-state index is 0.182. The highest BCUT2D eigenvalue weighted by Crippen LogP contribution is 2.43. The zero-order valence-corrected chi connectivity index (χ0v) is 14.3. The first kappa shape index (κ1) is 16.3. The first-order chi connectivity index (χ1) is 12.7. The van der Waals surface area contributed by atoms with E-state index in [0.717, 1.165) is 22.4 Å². The van der Waals surface area contributed by atoms with Gasteiger partial charge in [0.15, 0.2) is 5.78 Å². The standard InChI is InChI=1S/C23H17FO2/c1-26-17-12-10-15(11-13-17)14-19-21(16-6-3-2-4-7-16)18-8-5-9-20(24)22(18)23(19)25/h2-14,21H,1H3/b19-14-/t21-/m0/s1. The third-order valence-electron chi connectivity index (χ3n) is 4.73. The molecule has 3 heteroatoms. The number of ketones is 1. The lowest BCUT2D eigenvalue weighted by atomic mass is 9.89. The van der Waals surface area contributed by atoms with Crippen molar-refractivity contribution in [3.63, 3.8) is 0 Å². The molecule has 1 aliphatic carbocycles. The minimum atomic E-state index is -0.466. The Morgan fingerprint density at radius 3 is 2.35 bits per heavy atom. The van der Waals surface area contributed by atoms with Crippen LogP contribution in [-0.2, 0) is 0 Å². The van der Waals surface area contributed by atoms with Crippen molar-refractivity contribution in [2.45, 2.75) is 5.92 Å². The smallest absolute Gasteiger partial charge is 0.193 e. The van der Waals surface area contributed by atoms with Gasteiger partial charge in [-0.15, -0.1) is 0 Å². The Morgan fingerprint density at radius 1 is 0.923 bits per heavy atom. The third-order valence-corrected chi connectivity index (χ3v) is 4.73. The van der Waals surface area contributed by atoms with Crippen LogP contribution in [0.4, 0.5) is 4.39 Å². The molecule has 0 aliphatic heterocycles. The summed E-state index contributed by atoms with van der Waals surface area (Å²) >= 11 is 0. The number of methoxy groups -OCH3 is 1. The molecule has 0 unspecified atom stereocenters. The summed E-state index contributed by atoms with van der Waals surface area (Å²) in [6.07, 6.45) is 1.85. The van der Waals surface area contributed by atoms with Gasteiger partial charge in [-0.25, -0.2) is 4.39 Å². The van der Waals surface area contributed by atoms with E-state index in [9.17, 15) is 9.18 Å². The van der Waals surface area contributed by atoms with Gasteiger partial charge in [0.05, 0.1) is 12.7 Å². The van der Waals surface area contributed by atoms with Crippen molar-refractivity contribution in [3.8, 4) is 5.75 Å². The zero-order valence-electron chi connectivity index (χ0n) is 14.3. The van der Waals surface area contributed by atoms with Gasteiger partial charge in [0.2, 0.25) is 0 Å². The van der Waals surface area contributed by atoms with Crippen LogP contribution in [0.5, 0.6) is 5.75 Å². The maximum atomic E-state index is 14.4. The lowest BCUT2D eigenvalue weighted by molar-refractivity contribution is 0.103. The Bertz CT molecular complexity index is 988. The van der Waals surface area contributed by atoms with Crippen molar-refractivity contribution in [3.05, 3.63) is 106 Å². The number of rotatable bonds is 3. The number of carbonyl (C=O) groups is 1. The largest absolute Gasteiger partial charge is 0.497 e. The molecule has 1 aliphatic rings. The molecule has 128 valence electrons. The van der Waals surface area contributed by atoms with Crippen LogP contribution in [0, 0.1) is 5.82 Å². The predicted octanol–water partition coefficient (Wildman–Crippen LogP) is 5.25. The average Bonchev–Trinajstić information content (AvgIpc) is 2.96. The summed E-state index contributed by atoms with van der Waals surface area (Å²) in [7, 11) is 1.61. The van der Waals surface area contributed by atoms with E-state index in [4.69, 9.17) is 4.74 Å². The molecule has 0 saturated heterocycles. The second-order valence-electron chi connectivity index (χ2n) is 6.25. The van der Waals surface area contributed by atoms with Gasteiger partial charge in [0, 0.05) is 11.5 Å². The van der Waals surface area contributed by atoms with Crippen LogP contribution in [-0.4, -0.2) is 12.9 Å². The summed E-state index contributed by atoms with van der Waals surface area (Å²) in [4.78, 5) is 13.0. The molecule has 0 N–H and O–H groups in total. The van der Waals surface area contributed by atoms with E-state index in [1.807, 2.05) is 66.7 Å². The van der Waals surface area contributed by atoms with E-state index in [-0.39, 0.29) is 17.3 Å². The predicted molar refractivity (Wildman–Crippen MR) is 100.0 cm³/mol. The fraction of sp³-hybridized carbons (Fsp3) is 0.0870. The highest BCUT2D eigenvalue weighted by atomic mass is 19.1. The number of hydrogen-bond donors (Lipinski definition) is 0. The molecule has 0 fully saturated rings. The number of Topliss-reactive ketones (excluding diaryl/α,β-unsaturated/α-hetero) is 1. The number of hydrogen-bond acceptors (Lipinski definition) is 2. The second-order valence-corrected chi connectivity index (χ2v) is 6.25. The van der Waals surface area contributed by atoms with Gasteiger partial charge in [0.1, 0.15) is 11.6 Å². The van der Waals surface area contributed by atoms with Crippen molar-refractivity contribution in [1.29, 1.82) is 0 Å². The van der Waals surface area contributed by atoms with Gasteiger partial charge in [-0.1, -0.05) is 54.6 Å². The molecule has 3 aromatic rings. The summed E-state index contributed by atoms with van der Waals surface area (Å²) in [5.41, 5.74) is 3.34.